The van der Waals surface area contributed by atoms with Crippen LogP contribution in [-0.2, 0) is 11.2 Å². The Labute approximate surface area is 156 Å². The molecular formula is C20H20N4O3. The number of fused-ring (bicyclic) bond motifs is 1. The zero-order chi connectivity index (χ0) is 18.8. The van der Waals surface area contributed by atoms with Gasteiger partial charge in [-0.1, -0.05) is 18.2 Å². The first-order chi connectivity index (χ1) is 13.1. The van der Waals surface area contributed by atoms with Crippen molar-refractivity contribution in [2.45, 2.75) is 26.2 Å². The van der Waals surface area contributed by atoms with E-state index in [0.29, 0.717) is 28.7 Å². The number of hydrogen-bond acceptors (Lipinski definition) is 5. The molecule has 1 aliphatic rings. The topological polar surface area (TPSA) is 97.1 Å². The molecule has 2 N–H and O–H groups in total. The van der Waals surface area contributed by atoms with Crippen LogP contribution in [0.3, 0.4) is 0 Å². The van der Waals surface area contributed by atoms with Crippen molar-refractivity contribution in [3.63, 3.8) is 0 Å². The van der Waals surface area contributed by atoms with Gasteiger partial charge in [-0.25, -0.2) is 4.98 Å². The summed E-state index contributed by atoms with van der Waals surface area (Å²) in [6, 6.07) is 9.31. The summed E-state index contributed by atoms with van der Waals surface area (Å²) in [7, 11) is 0. The molecule has 0 saturated heterocycles. The molecule has 2 aromatic heterocycles. The lowest BCUT2D eigenvalue weighted by Crippen LogP contribution is -2.33. The molecule has 1 fully saturated rings. The fraction of sp³-hybridized carbons (Fsp3) is 0.300. The average molecular weight is 364 g/mol. The molecule has 7 nitrogen and oxygen atoms in total. The Balaban J connectivity index is 1.37. The highest BCUT2D eigenvalue weighted by Crippen LogP contribution is 2.32. The molecule has 0 spiro atoms. The number of amides is 2. The number of aromatic nitrogens is 2. The molecule has 0 unspecified atom stereocenters. The summed E-state index contributed by atoms with van der Waals surface area (Å²) < 4.78 is 5.57. The minimum absolute atomic E-state index is 0.167. The summed E-state index contributed by atoms with van der Waals surface area (Å²) in [6.45, 7) is 1.57. The van der Waals surface area contributed by atoms with Gasteiger partial charge in [0.05, 0.1) is 23.4 Å². The fourth-order valence-electron chi connectivity index (χ4n) is 2.96. The first-order valence-corrected chi connectivity index (χ1v) is 8.98. The van der Waals surface area contributed by atoms with Gasteiger partial charge in [0.15, 0.2) is 5.89 Å². The minimum Gasteiger partial charge on any atom is -0.435 e. The number of nitrogens with zero attached hydrogens (tertiary/aromatic N) is 2. The van der Waals surface area contributed by atoms with Gasteiger partial charge in [-0.3, -0.25) is 14.6 Å². The number of rotatable bonds is 6. The Kier molecular flexibility index (Phi) is 4.58. The molecule has 0 radical (unpaired) electrons. The Morgan fingerprint density at radius 1 is 1.22 bits per heavy atom. The highest BCUT2D eigenvalue weighted by Gasteiger charge is 2.26. The molecule has 1 aromatic carbocycles. The zero-order valence-electron chi connectivity index (χ0n) is 15.0. The molecule has 0 atom stereocenters. The lowest BCUT2D eigenvalue weighted by molar-refractivity contribution is -0.115. The van der Waals surface area contributed by atoms with Gasteiger partial charge in [0.2, 0.25) is 11.7 Å². The van der Waals surface area contributed by atoms with Gasteiger partial charge in [0, 0.05) is 18.0 Å². The highest BCUT2D eigenvalue weighted by atomic mass is 16.4. The molecular weight excluding hydrogens is 344 g/mol. The number of hydrogen-bond donors (Lipinski definition) is 2. The third kappa shape index (κ3) is 3.97. The standard InChI is InChI=1S/C20H20N4O3/c1-12-19(27-17(23-12)10-13-7-8-13)20(26)22-11-16(25)24-15-6-2-4-14-5-3-9-21-18(14)15/h2-6,9,13H,7-8,10-11H2,1H3,(H,22,26)(H,24,25). The predicted molar refractivity (Wildman–Crippen MR) is 100 cm³/mol. The fourth-order valence-corrected chi connectivity index (χ4v) is 2.96. The van der Waals surface area contributed by atoms with Crippen LogP contribution in [0.1, 0.15) is 35.0 Å². The Morgan fingerprint density at radius 2 is 2.04 bits per heavy atom. The largest absolute Gasteiger partial charge is 0.435 e. The van der Waals surface area contributed by atoms with E-state index >= 15 is 0 Å². The second kappa shape index (κ2) is 7.19. The summed E-state index contributed by atoms with van der Waals surface area (Å²) in [5, 5.41) is 6.30. The van der Waals surface area contributed by atoms with E-state index in [9.17, 15) is 9.59 Å². The van der Waals surface area contributed by atoms with Gasteiger partial charge in [-0.2, -0.15) is 0 Å². The van der Waals surface area contributed by atoms with Crippen LogP contribution >= 0.6 is 0 Å². The van der Waals surface area contributed by atoms with Crippen molar-refractivity contribution in [2.24, 2.45) is 5.92 Å². The lowest BCUT2D eigenvalue weighted by Gasteiger charge is -2.08. The Hall–Kier alpha value is -3.22. The van der Waals surface area contributed by atoms with E-state index in [1.807, 2.05) is 24.3 Å². The molecule has 7 heteroatoms. The molecule has 1 aliphatic carbocycles. The van der Waals surface area contributed by atoms with Crippen LogP contribution in [0.5, 0.6) is 0 Å². The summed E-state index contributed by atoms with van der Waals surface area (Å²) in [4.78, 5) is 33.1. The van der Waals surface area contributed by atoms with Gasteiger partial charge in [0.1, 0.15) is 0 Å². The normalized spacial score (nSPS) is 13.5. The van der Waals surface area contributed by atoms with Crippen molar-refractivity contribution in [1.29, 1.82) is 0 Å². The van der Waals surface area contributed by atoms with Crippen molar-refractivity contribution in [2.75, 3.05) is 11.9 Å². The predicted octanol–water partition coefficient (Wildman–Crippen LogP) is 2.85. The number of oxazole rings is 1. The van der Waals surface area contributed by atoms with Gasteiger partial charge in [-0.15, -0.1) is 0 Å². The van der Waals surface area contributed by atoms with E-state index in [1.165, 1.54) is 12.8 Å². The molecule has 0 aliphatic heterocycles. The maximum atomic E-state index is 12.3. The Morgan fingerprint density at radius 3 is 2.85 bits per heavy atom. The van der Waals surface area contributed by atoms with Crippen molar-refractivity contribution in [1.82, 2.24) is 15.3 Å². The minimum atomic E-state index is -0.437. The van der Waals surface area contributed by atoms with E-state index in [2.05, 4.69) is 20.6 Å². The lowest BCUT2D eigenvalue weighted by atomic mass is 10.2. The second-order valence-corrected chi connectivity index (χ2v) is 6.78. The average Bonchev–Trinajstić information content (AvgIpc) is 3.40. The number of anilines is 1. The van der Waals surface area contributed by atoms with Crippen molar-refractivity contribution < 1.29 is 14.0 Å². The van der Waals surface area contributed by atoms with Crippen LogP contribution in [0, 0.1) is 12.8 Å². The Bertz CT molecular complexity index is 1000. The van der Waals surface area contributed by atoms with E-state index in [4.69, 9.17) is 4.42 Å². The highest BCUT2D eigenvalue weighted by molar-refractivity contribution is 6.02. The molecule has 27 heavy (non-hydrogen) atoms. The van der Waals surface area contributed by atoms with Crippen LogP contribution in [0.15, 0.2) is 40.9 Å². The van der Waals surface area contributed by atoms with Crippen LogP contribution in [-0.4, -0.2) is 28.3 Å². The summed E-state index contributed by atoms with van der Waals surface area (Å²) in [5.74, 6) is 0.612. The van der Waals surface area contributed by atoms with Crippen LogP contribution in [0.25, 0.3) is 10.9 Å². The van der Waals surface area contributed by atoms with Crippen molar-refractivity contribution in [3.8, 4) is 0 Å². The second-order valence-electron chi connectivity index (χ2n) is 6.78. The van der Waals surface area contributed by atoms with Gasteiger partial charge >= 0.3 is 0 Å². The number of benzene rings is 1. The quantitative estimate of drug-likeness (QED) is 0.701. The third-order valence-corrected chi connectivity index (χ3v) is 4.52. The monoisotopic (exact) mass is 364 g/mol. The molecule has 4 rings (SSSR count). The third-order valence-electron chi connectivity index (χ3n) is 4.52. The smallest absolute Gasteiger partial charge is 0.289 e. The number of nitrogens with one attached hydrogen (secondary N) is 2. The van der Waals surface area contributed by atoms with Gasteiger partial charge in [-0.05, 0) is 37.8 Å². The van der Waals surface area contributed by atoms with Crippen LogP contribution in [0.4, 0.5) is 5.69 Å². The molecule has 3 aromatic rings. The number of carbonyl (C=O) groups is 2. The maximum absolute atomic E-state index is 12.3. The van der Waals surface area contributed by atoms with Gasteiger partial charge < -0.3 is 15.1 Å². The zero-order valence-corrected chi connectivity index (χ0v) is 15.0. The summed E-state index contributed by atoms with van der Waals surface area (Å²) in [6.07, 6.45) is 4.81. The summed E-state index contributed by atoms with van der Waals surface area (Å²) >= 11 is 0. The van der Waals surface area contributed by atoms with Crippen molar-refractivity contribution >= 4 is 28.4 Å². The molecule has 2 amide bonds. The van der Waals surface area contributed by atoms with Gasteiger partial charge in [0.25, 0.3) is 5.91 Å². The first-order valence-electron chi connectivity index (χ1n) is 8.98. The molecule has 0 bridgehead atoms. The summed E-state index contributed by atoms with van der Waals surface area (Å²) in [5.41, 5.74) is 1.85. The van der Waals surface area contributed by atoms with E-state index in [0.717, 1.165) is 11.8 Å². The molecule has 1 saturated carbocycles. The number of aryl methyl sites for hydroxylation is 1. The SMILES string of the molecule is Cc1nc(CC2CC2)oc1C(=O)NCC(=O)Nc1cccc2cccnc12. The van der Waals surface area contributed by atoms with Crippen LogP contribution < -0.4 is 10.6 Å². The maximum Gasteiger partial charge on any atom is 0.289 e. The molecule has 2 heterocycles. The first kappa shape index (κ1) is 17.2. The van der Waals surface area contributed by atoms with Crippen LogP contribution in [0.2, 0.25) is 0 Å². The van der Waals surface area contributed by atoms with Crippen molar-refractivity contribution in [3.05, 3.63) is 53.9 Å². The number of pyridine rings is 1. The van der Waals surface area contributed by atoms with E-state index < -0.39 is 5.91 Å². The van der Waals surface area contributed by atoms with E-state index in [-0.39, 0.29) is 18.2 Å². The number of para-hydroxylation sites is 1. The number of carbonyl (C=O) groups excluding carboxylic acids is 2. The van der Waals surface area contributed by atoms with E-state index in [1.54, 1.807) is 19.2 Å². The molecule has 138 valence electrons.